The zero-order valence-electron chi connectivity index (χ0n) is 7.92. The molecule has 1 aromatic carbocycles. The fourth-order valence-corrected chi connectivity index (χ4v) is 5.08. The van der Waals surface area contributed by atoms with Gasteiger partial charge in [-0.1, -0.05) is 0 Å². The predicted octanol–water partition coefficient (Wildman–Crippen LogP) is 2.82. The molecule has 1 aromatic rings. The maximum absolute atomic E-state index is 11.5. The quantitative estimate of drug-likeness (QED) is 0.326. The molecule has 4 nitrogen and oxygen atoms in total. The van der Waals surface area contributed by atoms with Crippen LogP contribution in [0.5, 0.6) is 5.75 Å². The molecule has 0 aliphatic carbocycles. The number of hydrogen-bond donors (Lipinski definition) is 0. The van der Waals surface area contributed by atoms with Crippen LogP contribution in [0.15, 0.2) is 6.07 Å². The van der Waals surface area contributed by atoms with Gasteiger partial charge in [-0.3, -0.25) is 4.79 Å². The number of carbonyl (C=O) groups is 2. The first kappa shape index (κ1) is 14.4. The van der Waals surface area contributed by atoms with Crippen molar-refractivity contribution >= 4 is 80.2 Å². The minimum atomic E-state index is -0.444. The molecule has 7 heteroatoms. The van der Waals surface area contributed by atoms with Crippen molar-refractivity contribution in [1.29, 1.82) is 0 Å². The summed E-state index contributed by atoms with van der Waals surface area (Å²) in [5, 5.41) is 0. The molecule has 0 radical (unpaired) electrons. The maximum Gasteiger partial charge on any atom is 0.340 e. The highest BCUT2D eigenvalue weighted by Gasteiger charge is 2.21. The van der Waals surface area contributed by atoms with E-state index in [2.05, 4.69) is 4.74 Å². The number of hydrogen-bond acceptors (Lipinski definition) is 4. The summed E-state index contributed by atoms with van der Waals surface area (Å²) in [5.74, 6) is -0.0574. The normalized spacial score (nSPS) is 9.75. The Kier molecular flexibility index (Phi) is 5.70. The second-order valence-electron chi connectivity index (χ2n) is 2.56. The number of benzene rings is 1. The second kappa shape index (κ2) is 6.33. The Morgan fingerprint density at radius 2 is 1.94 bits per heavy atom. The molecule has 0 amide bonds. The maximum atomic E-state index is 11.5. The monoisotopic (exact) mass is 558 g/mol. The number of esters is 1. The van der Waals surface area contributed by atoms with E-state index >= 15 is 0 Å². The first-order valence-electron chi connectivity index (χ1n) is 3.89. The van der Waals surface area contributed by atoms with Gasteiger partial charge in [-0.25, -0.2) is 4.79 Å². The molecule has 0 aliphatic rings. The van der Waals surface area contributed by atoms with E-state index in [1.807, 2.05) is 67.8 Å². The van der Waals surface area contributed by atoms with E-state index < -0.39 is 5.97 Å². The largest absolute Gasteiger partial charge is 0.465 e. The van der Waals surface area contributed by atoms with E-state index in [9.17, 15) is 9.59 Å². The highest BCUT2D eigenvalue weighted by atomic mass is 127. The number of methoxy groups -OCH3 is 1. The van der Waals surface area contributed by atoms with Crippen molar-refractivity contribution in [3.63, 3.8) is 0 Å². The van der Waals surface area contributed by atoms with Crippen LogP contribution in [0.2, 0.25) is 0 Å². The molecular formula is C9H5I3O4. The van der Waals surface area contributed by atoms with Gasteiger partial charge in [0.25, 0.3) is 6.47 Å². The van der Waals surface area contributed by atoms with Crippen molar-refractivity contribution in [1.82, 2.24) is 0 Å². The summed E-state index contributed by atoms with van der Waals surface area (Å²) >= 11 is 6.04. The molecule has 0 aromatic heterocycles. The Balaban J connectivity index is 3.44. The van der Waals surface area contributed by atoms with E-state index in [-0.39, 0.29) is 0 Å². The van der Waals surface area contributed by atoms with Crippen LogP contribution in [-0.2, 0) is 9.53 Å². The molecule has 86 valence electrons. The minimum Gasteiger partial charge on any atom is -0.465 e. The average molecular weight is 558 g/mol. The highest BCUT2D eigenvalue weighted by molar-refractivity contribution is 14.1. The van der Waals surface area contributed by atoms with Crippen LogP contribution in [0.4, 0.5) is 0 Å². The van der Waals surface area contributed by atoms with Gasteiger partial charge in [0.2, 0.25) is 0 Å². The lowest BCUT2D eigenvalue weighted by molar-refractivity contribution is -0.120. The number of ether oxygens (including phenoxy) is 2. The molecule has 0 N–H and O–H groups in total. The Bertz CT molecular complexity index is 445. The SMILES string of the molecule is COC(=O)c1c(I)cc(I)c(OC=O)c1I. The summed E-state index contributed by atoms with van der Waals surface area (Å²) in [6, 6.07) is 1.76. The van der Waals surface area contributed by atoms with E-state index in [1.165, 1.54) is 7.11 Å². The Hall–Kier alpha value is 0.350. The molecule has 0 heterocycles. The average Bonchev–Trinajstić information content (AvgIpc) is 2.23. The lowest BCUT2D eigenvalue weighted by Gasteiger charge is -2.10. The molecule has 0 saturated carbocycles. The van der Waals surface area contributed by atoms with Crippen LogP contribution < -0.4 is 4.74 Å². The smallest absolute Gasteiger partial charge is 0.340 e. The minimum absolute atomic E-state index is 0.341. The van der Waals surface area contributed by atoms with Gasteiger partial charge in [-0.05, 0) is 73.8 Å². The van der Waals surface area contributed by atoms with Crippen molar-refractivity contribution in [3.8, 4) is 5.75 Å². The Labute approximate surface area is 133 Å². The molecule has 0 aliphatic heterocycles. The van der Waals surface area contributed by atoms with Crippen LogP contribution in [-0.4, -0.2) is 19.6 Å². The molecule has 0 saturated heterocycles. The van der Waals surface area contributed by atoms with Crippen LogP contribution in [0, 0.1) is 10.7 Å². The van der Waals surface area contributed by atoms with Crippen molar-refractivity contribution in [2.45, 2.75) is 0 Å². The van der Waals surface area contributed by atoms with Crippen molar-refractivity contribution in [2.24, 2.45) is 0 Å². The molecule has 16 heavy (non-hydrogen) atoms. The van der Waals surface area contributed by atoms with Crippen molar-refractivity contribution in [3.05, 3.63) is 22.3 Å². The van der Waals surface area contributed by atoms with Crippen molar-refractivity contribution < 1.29 is 19.1 Å². The zero-order chi connectivity index (χ0) is 12.3. The van der Waals surface area contributed by atoms with Crippen LogP contribution >= 0.6 is 67.8 Å². The number of carbonyl (C=O) groups excluding carboxylic acids is 2. The van der Waals surface area contributed by atoms with Gasteiger partial charge in [-0.15, -0.1) is 0 Å². The third-order valence-electron chi connectivity index (χ3n) is 1.68. The molecule has 1 rings (SSSR count). The molecule has 0 spiro atoms. The van der Waals surface area contributed by atoms with E-state index in [4.69, 9.17) is 4.74 Å². The molecule has 0 bridgehead atoms. The Morgan fingerprint density at radius 3 is 2.44 bits per heavy atom. The highest BCUT2D eigenvalue weighted by Crippen LogP contribution is 2.33. The standard InChI is InChI=1S/C9H5I3O4/c1-15-9(14)6-4(10)2-5(11)8(7(6)12)16-3-13/h2-3H,1H3. The topological polar surface area (TPSA) is 52.6 Å². The number of halogens is 3. The van der Waals surface area contributed by atoms with E-state index in [1.54, 1.807) is 6.07 Å². The predicted molar refractivity (Wildman–Crippen MR) is 82.6 cm³/mol. The second-order valence-corrected chi connectivity index (χ2v) is 5.97. The Morgan fingerprint density at radius 1 is 1.31 bits per heavy atom. The van der Waals surface area contributed by atoms with E-state index in [0.29, 0.717) is 21.4 Å². The van der Waals surface area contributed by atoms with Crippen LogP contribution in [0.1, 0.15) is 10.4 Å². The van der Waals surface area contributed by atoms with Crippen LogP contribution in [0.25, 0.3) is 0 Å². The van der Waals surface area contributed by atoms with Gasteiger partial charge in [-0.2, -0.15) is 0 Å². The first-order chi connectivity index (χ1) is 7.52. The van der Waals surface area contributed by atoms with Gasteiger partial charge < -0.3 is 9.47 Å². The summed E-state index contributed by atoms with van der Waals surface area (Å²) in [6.45, 7) is 0.341. The fraction of sp³-hybridized carbons (Fsp3) is 0.111. The molecule has 0 atom stereocenters. The van der Waals surface area contributed by atoms with E-state index in [0.717, 1.165) is 7.14 Å². The summed E-state index contributed by atoms with van der Waals surface area (Å²) in [7, 11) is 1.31. The third-order valence-corrected chi connectivity index (χ3v) is 4.36. The fourth-order valence-electron chi connectivity index (χ4n) is 1.02. The molecule has 0 fully saturated rings. The van der Waals surface area contributed by atoms with Gasteiger partial charge in [0.15, 0.2) is 5.75 Å². The van der Waals surface area contributed by atoms with Gasteiger partial charge in [0.1, 0.15) is 0 Å². The van der Waals surface area contributed by atoms with Gasteiger partial charge in [0.05, 0.1) is 19.8 Å². The van der Waals surface area contributed by atoms with Gasteiger partial charge >= 0.3 is 5.97 Å². The molecular weight excluding hydrogens is 553 g/mol. The molecule has 0 unspecified atom stereocenters. The summed E-state index contributed by atoms with van der Waals surface area (Å²) < 4.78 is 11.6. The zero-order valence-corrected chi connectivity index (χ0v) is 14.4. The number of rotatable bonds is 3. The summed E-state index contributed by atoms with van der Waals surface area (Å²) in [4.78, 5) is 21.9. The lowest BCUT2D eigenvalue weighted by atomic mass is 10.2. The van der Waals surface area contributed by atoms with Crippen molar-refractivity contribution in [2.75, 3.05) is 7.11 Å². The third kappa shape index (κ3) is 2.97. The summed E-state index contributed by atoms with van der Waals surface area (Å²) in [5.41, 5.74) is 0.418. The van der Waals surface area contributed by atoms with Crippen LogP contribution in [0.3, 0.4) is 0 Å². The van der Waals surface area contributed by atoms with Gasteiger partial charge in [0, 0.05) is 3.57 Å². The lowest BCUT2D eigenvalue weighted by Crippen LogP contribution is -2.09. The first-order valence-corrected chi connectivity index (χ1v) is 7.12. The summed E-state index contributed by atoms with van der Waals surface area (Å²) in [6.07, 6.45) is 0.